The van der Waals surface area contributed by atoms with Crippen LogP contribution in [0.4, 0.5) is 5.69 Å². The van der Waals surface area contributed by atoms with Crippen molar-refractivity contribution < 1.29 is 18.9 Å². The van der Waals surface area contributed by atoms with Gasteiger partial charge in [-0.15, -0.1) is 0 Å². The highest BCUT2D eigenvalue weighted by Gasteiger charge is 2.09. The van der Waals surface area contributed by atoms with Crippen LogP contribution in [0.25, 0.3) is 0 Å². The predicted molar refractivity (Wildman–Crippen MR) is 81.1 cm³/mol. The summed E-state index contributed by atoms with van der Waals surface area (Å²) in [5.74, 6) is -0.395. The molecule has 2 aromatic rings. The molecule has 0 saturated heterocycles. The maximum Gasteiger partial charge on any atom is 0.286 e. The molecule has 2 amide bonds. The molecule has 2 N–H and O–H groups in total. The first-order valence-electron chi connectivity index (χ1n) is 6.92. The summed E-state index contributed by atoms with van der Waals surface area (Å²) >= 11 is 0. The minimum atomic E-state index is -0.524. The third-order valence-electron chi connectivity index (χ3n) is 3.01. The van der Waals surface area contributed by atoms with Gasteiger partial charge in [-0.2, -0.15) is 0 Å². The number of non-ortho nitro benzene ring substituents is 1. The summed E-state index contributed by atoms with van der Waals surface area (Å²) in [6, 6.07) is 8.53. The molecular formula is C15H15N3O5. The van der Waals surface area contributed by atoms with E-state index in [4.69, 9.17) is 4.42 Å². The molecule has 1 aromatic heterocycles. The molecule has 0 radical (unpaired) electrons. The van der Waals surface area contributed by atoms with Crippen LogP contribution in [-0.2, 0) is 0 Å². The molecule has 1 aromatic carbocycles. The fraction of sp³-hybridized carbons (Fsp3) is 0.200. The van der Waals surface area contributed by atoms with E-state index < -0.39 is 4.92 Å². The normalized spacial score (nSPS) is 10.1. The Balaban J connectivity index is 1.68. The number of amides is 2. The zero-order chi connectivity index (χ0) is 16.7. The minimum Gasteiger partial charge on any atom is -0.459 e. The van der Waals surface area contributed by atoms with Gasteiger partial charge in [0.15, 0.2) is 5.76 Å². The Morgan fingerprint density at radius 1 is 1.04 bits per heavy atom. The average Bonchev–Trinajstić information content (AvgIpc) is 3.08. The molecule has 1 heterocycles. The summed E-state index contributed by atoms with van der Waals surface area (Å²) in [6.07, 6.45) is 1.96. The van der Waals surface area contributed by atoms with Crippen molar-refractivity contribution in [3.8, 4) is 0 Å². The predicted octanol–water partition coefficient (Wildman–Crippen LogP) is 1.74. The van der Waals surface area contributed by atoms with Crippen LogP contribution < -0.4 is 10.6 Å². The Hall–Kier alpha value is -3.16. The number of nitrogens with zero attached hydrogens (tertiary/aromatic N) is 1. The minimum absolute atomic E-state index is 0.0674. The summed E-state index contributed by atoms with van der Waals surface area (Å²) in [6.45, 7) is 0.758. The number of carbonyl (C=O) groups excluding carboxylic acids is 2. The second-order valence-corrected chi connectivity index (χ2v) is 4.65. The number of nitro benzene ring substituents is 1. The highest BCUT2D eigenvalue weighted by Crippen LogP contribution is 2.11. The first-order valence-corrected chi connectivity index (χ1v) is 6.92. The van der Waals surface area contributed by atoms with Gasteiger partial charge in [0, 0.05) is 30.8 Å². The molecule has 0 aliphatic heterocycles. The van der Waals surface area contributed by atoms with Crippen LogP contribution in [0.15, 0.2) is 47.1 Å². The van der Waals surface area contributed by atoms with Crippen LogP contribution in [0.1, 0.15) is 27.3 Å². The van der Waals surface area contributed by atoms with Crippen molar-refractivity contribution in [1.82, 2.24) is 10.6 Å². The van der Waals surface area contributed by atoms with Gasteiger partial charge in [-0.05, 0) is 30.7 Å². The Labute approximate surface area is 131 Å². The number of furan rings is 1. The van der Waals surface area contributed by atoms with Gasteiger partial charge in [-0.1, -0.05) is 0 Å². The second-order valence-electron chi connectivity index (χ2n) is 4.65. The maximum absolute atomic E-state index is 11.8. The highest BCUT2D eigenvalue weighted by atomic mass is 16.6. The van der Waals surface area contributed by atoms with Crippen molar-refractivity contribution in [2.45, 2.75) is 6.42 Å². The fourth-order valence-electron chi connectivity index (χ4n) is 1.82. The van der Waals surface area contributed by atoms with E-state index in [-0.39, 0.29) is 23.3 Å². The van der Waals surface area contributed by atoms with Crippen molar-refractivity contribution >= 4 is 17.5 Å². The zero-order valence-electron chi connectivity index (χ0n) is 12.2. The van der Waals surface area contributed by atoms with Gasteiger partial charge in [0.2, 0.25) is 0 Å². The fourth-order valence-corrected chi connectivity index (χ4v) is 1.82. The Bertz CT molecular complexity index is 680. The largest absolute Gasteiger partial charge is 0.459 e. The van der Waals surface area contributed by atoms with Crippen LogP contribution >= 0.6 is 0 Å². The molecule has 0 fully saturated rings. The smallest absolute Gasteiger partial charge is 0.286 e. The first kappa shape index (κ1) is 16.2. The highest BCUT2D eigenvalue weighted by molar-refractivity contribution is 5.94. The molecule has 0 aliphatic carbocycles. The van der Waals surface area contributed by atoms with Crippen molar-refractivity contribution in [3.05, 3.63) is 64.1 Å². The number of nitrogens with one attached hydrogen (secondary N) is 2. The molecular weight excluding hydrogens is 302 g/mol. The number of benzene rings is 1. The van der Waals surface area contributed by atoms with E-state index in [9.17, 15) is 19.7 Å². The van der Waals surface area contributed by atoms with Gasteiger partial charge in [-0.3, -0.25) is 19.7 Å². The first-order chi connectivity index (χ1) is 11.1. The summed E-state index contributed by atoms with van der Waals surface area (Å²) in [7, 11) is 0. The molecule has 0 unspecified atom stereocenters. The third-order valence-corrected chi connectivity index (χ3v) is 3.01. The lowest BCUT2D eigenvalue weighted by molar-refractivity contribution is -0.384. The molecule has 0 atom stereocenters. The molecule has 8 nitrogen and oxygen atoms in total. The van der Waals surface area contributed by atoms with E-state index in [2.05, 4.69) is 10.6 Å². The maximum atomic E-state index is 11.8. The van der Waals surface area contributed by atoms with E-state index in [1.54, 1.807) is 12.1 Å². The van der Waals surface area contributed by atoms with Gasteiger partial charge in [-0.25, -0.2) is 0 Å². The molecule has 0 saturated carbocycles. The molecule has 23 heavy (non-hydrogen) atoms. The van der Waals surface area contributed by atoms with Gasteiger partial charge >= 0.3 is 0 Å². The van der Waals surface area contributed by atoms with Crippen LogP contribution in [0, 0.1) is 10.1 Å². The van der Waals surface area contributed by atoms with Crippen LogP contribution in [0.5, 0.6) is 0 Å². The molecule has 0 bridgehead atoms. The lowest BCUT2D eigenvalue weighted by atomic mass is 10.2. The summed E-state index contributed by atoms with van der Waals surface area (Å²) in [4.78, 5) is 33.4. The average molecular weight is 317 g/mol. The molecule has 2 rings (SSSR count). The molecule has 0 spiro atoms. The van der Waals surface area contributed by atoms with E-state index in [1.165, 1.54) is 30.5 Å². The summed E-state index contributed by atoms with van der Waals surface area (Å²) in [5, 5.41) is 15.9. The van der Waals surface area contributed by atoms with Crippen molar-refractivity contribution in [1.29, 1.82) is 0 Å². The standard InChI is InChI=1S/C15H15N3O5/c19-14(11-4-6-12(7-5-11)18(21)22)16-8-2-9-17-15(20)13-3-1-10-23-13/h1,3-7,10H,2,8-9H2,(H,16,19)(H,17,20). The Kier molecular flexibility index (Phi) is 5.45. The Morgan fingerprint density at radius 3 is 2.26 bits per heavy atom. The lowest BCUT2D eigenvalue weighted by Gasteiger charge is -2.06. The van der Waals surface area contributed by atoms with Crippen molar-refractivity contribution in [2.24, 2.45) is 0 Å². The Morgan fingerprint density at radius 2 is 1.70 bits per heavy atom. The van der Waals surface area contributed by atoms with Gasteiger partial charge < -0.3 is 15.1 Å². The van der Waals surface area contributed by atoms with E-state index in [1.807, 2.05) is 0 Å². The number of rotatable bonds is 7. The molecule has 0 aliphatic rings. The third kappa shape index (κ3) is 4.67. The zero-order valence-corrected chi connectivity index (χ0v) is 12.2. The molecule has 8 heteroatoms. The number of nitro groups is 1. The topological polar surface area (TPSA) is 114 Å². The van der Waals surface area contributed by atoms with E-state index in [0.717, 1.165) is 0 Å². The quantitative estimate of drug-likeness (QED) is 0.458. The van der Waals surface area contributed by atoms with Crippen LogP contribution in [-0.4, -0.2) is 29.8 Å². The van der Waals surface area contributed by atoms with Crippen LogP contribution in [0.2, 0.25) is 0 Å². The van der Waals surface area contributed by atoms with Crippen molar-refractivity contribution in [3.63, 3.8) is 0 Å². The number of hydrogen-bond donors (Lipinski definition) is 2. The van der Waals surface area contributed by atoms with Crippen LogP contribution in [0.3, 0.4) is 0 Å². The number of carbonyl (C=O) groups is 2. The summed E-state index contributed by atoms with van der Waals surface area (Å²) in [5.41, 5.74) is 0.275. The summed E-state index contributed by atoms with van der Waals surface area (Å²) < 4.78 is 4.95. The van der Waals surface area contributed by atoms with E-state index >= 15 is 0 Å². The van der Waals surface area contributed by atoms with Crippen molar-refractivity contribution in [2.75, 3.05) is 13.1 Å². The number of hydrogen-bond acceptors (Lipinski definition) is 5. The van der Waals surface area contributed by atoms with Gasteiger partial charge in [0.1, 0.15) is 0 Å². The van der Waals surface area contributed by atoms with Gasteiger partial charge in [0.05, 0.1) is 11.2 Å². The van der Waals surface area contributed by atoms with E-state index in [0.29, 0.717) is 25.1 Å². The lowest BCUT2D eigenvalue weighted by Crippen LogP contribution is -2.29. The SMILES string of the molecule is O=C(NCCCNC(=O)c1ccco1)c1ccc([N+](=O)[O-])cc1. The second kappa shape index (κ2) is 7.74. The molecule has 120 valence electrons. The van der Waals surface area contributed by atoms with Gasteiger partial charge in [0.25, 0.3) is 17.5 Å². The monoisotopic (exact) mass is 317 g/mol.